The van der Waals surface area contributed by atoms with Gasteiger partial charge >= 0.3 is 0 Å². The van der Waals surface area contributed by atoms with Crippen LogP contribution in [-0.2, 0) is 13.2 Å². The van der Waals surface area contributed by atoms with Crippen LogP contribution in [0.1, 0.15) is 21.8 Å². The number of furan rings is 1. The van der Waals surface area contributed by atoms with Gasteiger partial charge in [0.05, 0.1) is 12.8 Å². The number of amides is 1. The summed E-state index contributed by atoms with van der Waals surface area (Å²) >= 11 is 1.15. The molecule has 0 aliphatic rings. The second-order valence-electron chi connectivity index (χ2n) is 6.96. The van der Waals surface area contributed by atoms with E-state index in [1.807, 2.05) is 0 Å². The van der Waals surface area contributed by atoms with Crippen molar-refractivity contribution in [1.29, 1.82) is 0 Å². The summed E-state index contributed by atoms with van der Waals surface area (Å²) in [4.78, 5) is 18.3. The number of hydrogen-bond acceptors (Lipinski definition) is 5. The third-order valence-corrected chi connectivity index (χ3v) is 5.48. The third kappa shape index (κ3) is 4.83. The smallest absolute Gasteiger partial charge is 0.273 e. The van der Waals surface area contributed by atoms with Gasteiger partial charge in [0.15, 0.2) is 11.6 Å². The monoisotopic (exact) mass is 458 g/mol. The summed E-state index contributed by atoms with van der Waals surface area (Å²) in [6.45, 7) is 0.241. The van der Waals surface area contributed by atoms with E-state index in [4.69, 9.17) is 9.15 Å². The molecule has 0 fully saturated rings. The number of hydrogen-bond donors (Lipinski definition) is 0. The first-order chi connectivity index (χ1) is 15.4. The Morgan fingerprint density at radius 2 is 1.94 bits per heavy atom. The zero-order valence-electron chi connectivity index (χ0n) is 16.8. The number of aromatic nitrogens is 1. The fourth-order valence-electron chi connectivity index (χ4n) is 2.95. The average molecular weight is 458 g/mol. The van der Waals surface area contributed by atoms with Crippen LogP contribution in [0.15, 0.2) is 64.6 Å². The number of rotatable bonds is 7. The molecule has 0 bridgehead atoms. The standard InChI is InChI=1S/C23H17F3N2O3S/c1-28(11-16-3-2-8-30-16)23(29)21-13-32-22(27-21)17-6-5-15(10-19(17)25)31-12-14-4-7-18(24)20(26)9-14/h2-10,13H,11-12H2,1H3. The van der Waals surface area contributed by atoms with Crippen LogP contribution >= 0.6 is 11.3 Å². The maximum Gasteiger partial charge on any atom is 0.273 e. The number of carbonyl (C=O) groups excluding carboxylic acids is 1. The Hall–Kier alpha value is -3.59. The van der Waals surface area contributed by atoms with Crippen molar-refractivity contribution in [2.45, 2.75) is 13.2 Å². The second-order valence-corrected chi connectivity index (χ2v) is 7.82. The summed E-state index contributed by atoms with van der Waals surface area (Å²) in [5.41, 5.74) is 0.843. The van der Waals surface area contributed by atoms with Gasteiger partial charge in [-0.25, -0.2) is 18.2 Å². The van der Waals surface area contributed by atoms with Crippen molar-refractivity contribution in [1.82, 2.24) is 9.88 Å². The molecule has 0 saturated carbocycles. The molecule has 0 aliphatic carbocycles. The lowest BCUT2D eigenvalue weighted by molar-refractivity contribution is 0.0770. The van der Waals surface area contributed by atoms with Gasteiger partial charge in [-0.1, -0.05) is 6.07 Å². The van der Waals surface area contributed by atoms with Gasteiger partial charge in [-0.3, -0.25) is 4.79 Å². The van der Waals surface area contributed by atoms with Crippen molar-refractivity contribution < 1.29 is 27.1 Å². The van der Waals surface area contributed by atoms with E-state index in [2.05, 4.69) is 4.98 Å². The Bertz CT molecular complexity index is 1240. The first-order valence-corrected chi connectivity index (χ1v) is 10.4. The van der Waals surface area contributed by atoms with E-state index in [9.17, 15) is 18.0 Å². The number of thiazole rings is 1. The molecular formula is C23H17F3N2O3S. The SMILES string of the molecule is CN(Cc1ccco1)C(=O)c1csc(-c2ccc(OCc3ccc(F)c(F)c3)cc2F)n1. The molecule has 32 heavy (non-hydrogen) atoms. The van der Waals surface area contributed by atoms with Gasteiger partial charge in [-0.2, -0.15) is 0 Å². The van der Waals surface area contributed by atoms with Crippen LogP contribution in [0.25, 0.3) is 10.6 Å². The van der Waals surface area contributed by atoms with Crippen molar-refractivity contribution in [3.05, 3.63) is 94.6 Å². The predicted octanol–water partition coefficient (Wildman–Crippen LogP) is 5.67. The van der Waals surface area contributed by atoms with E-state index in [-0.39, 0.29) is 36.1 Å². The van der Waals surface area contributed by atoms with Gasteiger partial charge in [0.1, 0.15) is 34.6 Å². The minimum absolute atomic E-state index is 0.0477. The molecule has 0 N–H and O–H groups in total. The maximum absolute atomic E-state index is 14.7. The topological polar surface area (TPSA) is 55.6 Å². The van der Waals surface area contributed by atoms with E-state index in [1.54, 1.807) is 30.6 Å². The molecule has 9 heteroatoms. The zero-order valence-corrected chi connectivity index (χ0v) is 17.7. The fourth-order valence-corrected chi connectivity index (χ4v) is 3.77. The Morgan fingerprint density at radius 3 is 2.66 bits per heavy atom. The summed E-state index contributed by atoms with van der Waals surface area (Å²) in [6, 6.07) is 11.1. The largest absolute Gasteiger partial charge is 0.489 e. The zero-order chi connectivity index (χ0) is 22.7. The van der Waals surface area contributed by atoms with Gasteiger partial charge in [0.2, 0.25) is 0 Å². The summed E-state index contributed by atoms with van der Waals surface area (Å²) < 4.78 is 51.7. The quantitative estimate of drug-likeness (QED) is 0.358. The molecule has 2 aromatic carbocycles. The highest BCUT2D eigenvalue weighted by Gasteiger charge is 2.19. The number of benzene rings is 2. The van der Waals surface area contributed by atoms with Gasteiger partial charge in [0, 0.05) is 24.1 Å². The summed E-state index contributed by atoms with van der Waals surface area (Å²) in [6.07, 6.45) is 1.53. The number of ether oxygens (including phenoxy) is 1. The Morgan fingerprint density at radius 1 is 1.09 bits per heavy atom. The van der Waals surface area contributed by atoms with E-state index in [0.29, 0.717) is 16.3 Å². The molecule has 0 unspecified atom stereocenters. The normalized spacial score (nSPS) is 10.9. The summed E-state index contributed by atoms with van der Waals surface area (Å²) in [5.74, 6) is -1.95. The first-order valence-electron chi connectivity index (χ1n) is 9.50. The van der Waals surface area contributed by atoms with Crippen LogP contribution in [-0.4, -0.2) is 22.8 Å². The molecule has 164 valence electrons. The predicted molar refractivity (Wildman–Crippen MR) is 113 cm³/mol. The minimum atomic E-state index is -0.975. The van der Waals surface area contributed by atoms with Crippen LogP contribution in [0.5, 0.6) is 5.75 Å². The highest BCUT2D eigenvalue weighted by molar-refractivity contribution is 7.13. The van der Waals surface area contributed by atoms with Crippen molar-refractivity contribution in [3.63, 3.8) is 0 Å². The molecule has 0 aliphatic heterocycles. The second kappa shape index (κ2) is 9.27. The van der Waals surface area contributed by atoms with Crippen molar-refractivity contribution in [2.24, 2.45) is 0 Å². The third-order valence-electron chi connectivity index (χ3n) is 4.60. The minimum Gasteiger partial charge on any atom is -0.489 e. The van der Waals surface area contributed by atoms with Crippen molar-refractivity contribution >= 4 is 17.2 Å². The molecular weight excluding hydrogens is 441 g/mol. The molecule has 4 aromatic rings. The molecule has 1 amide bonds. The fraction of sp³-hybridized carbons (Fsp3) is 0.130. The molecule has 4 rings (SSSR count). The van der Waals surface area contributed by atoms with E-state index < -0.39 is 17.5 Å². The highest BCUT2D eigenvalue weighted by atomic mass is 32.1. The van der Waals surface area contributed by atoms with Gasteiger partial charge in [0.25, 0.3) is 5.91 Å². The molecule has 5 nitrogen and oxygen atoms in total. The first kappa shape index (κ1) is 21.6. The molecule has 2 heterocycles. The Labute approximate surface area is 185 Å². The average Bonchev–Trinajstić information content (AvgIpc) is 3.46. The van der Waals surface area contributed by atoms with Crippen molar-refractivity contribution in [2.75, 3.05) is 7.05 Å². The number of nitrogens with zero attached hydrogens (tertiary/aromatic N) is 2. The van der Waals surface area contributed by atoms with Crippen LogP contribution in [0.3, 0.4) is 0 Å². The summed E-state index contributed by atoms with van der Waals surface area (Å²) in [7, 11) is 1.63. The number of carbonyl (C=O) groups is 1. The number of halogens is 3. The van der Waals surface area contributed by atoms with Crippen LogP contribution in [0.4, 0.5) is 13.2 Å². The Balaban J connectivity index is 1.43. The van der Waals surface area contributed by atoms with Crippen LogP contribution < -0.4 is 4.74 Å². The lowest BCUT2D eigenvalue weighted by Gasteiger charge is -2.13. The molecule has 0 saturated heterocycles. The van der Waals surface area contributed by atoms with Crippen LogP contribution in [0, 0.1) is 17.5 Å². The molecule has 0 atom stereocenters. The van der Waals surface area contributed by atoms with Gasteiger partial charge in [-0.15, -0.1) is 11.3 Å². The lowest BCUT2D eigenvalue weighted by atomic mass is 10.2. The molecule has 0 radical (unpaired) electrons. The highest BCUT2D eigenvalue weighted by Crippen LogP contribution is 2.29. The van der Waals surface area contributed by atoms with Gasteiger partial charge < -0.3 is 14.1 Å². The van der Waals surface area contributed by atoms with Crippen LogP contribution in [0.2, 0.25) is 0 Å². The van der Waals surface area contributed by atoms with E-state index in [1.165, 1.54) is 29.4 Å². The van der Waals surface area contributed by atoms with Gasteiger partial charge in [-0.05, 0) is 42.0 Å². The lowest BCUT2D eigenvalue weighted by Crippen LogP contribution is -2.26. The maximum atomic E-state index is 14.7. The molecule has 0 spiro atoms. The summed E-state index contributed by atoms with van der Waals surface area (Å²) in [5, 5.41) is 1.92. The van der Waals surface area contributed by atoms with Crippen molar-refractivity contribution in [3.8, 4) is 16.3 Å². The molecule has 2 aromatic heterocycles. The van der Waals surface area contributed by atoms with E-state index >= 15 is 0 Å². The Kier molecular flexibility index (Phi) is 6.27. The van der Waals surface area contributed by atoms with E-state index in [0.717, 1.165) is 23.5 Å².